The lowest BCUT2D eigenvalue weighted by Gasteiger charge is -2.17. The van der Waals surface area contributed by atoms with Gasteiger partial charge >= 0.3 is 0 Å². The molecule has 0 radical (unpaired) electrons. The van der Waals surface area contributed by atoms with Crippen LogP contribution >= 0.6 is 23.1 Å². The minimum absolute atomic E-state index is 0.0395. The molecule has 6 aromatic rings. The van der Waals surface area contributed by atoms with Crippen molar-refractivity contribution in [2.24, 2.45) is 0 Å². The summed E-state index contributed by atoms with van der Waals surface area (Å²) in [6, 6.07) is 40.1. The molecule has 1 unspecified atom stereocenters. The third-order valence-corrected chi connectivity index (χ3v) is 9.74. The molecule has 11 heteroatoms. The zero-order valence-corrected chi connectivity index (χ0v) is 29.9. The van der Waals surface area contributed by atoms with Crippen LogP contribution in [0.1, 0.15) is 26.7 Å². The van der Waals surface area contributed by atoms with Gasteiger partial charge in [0.25, 0.3) is 11.8 Å². The Hall–Kier alpha value is -6.17. The van der Waals surface area contributed by atoms with Gasteiger partial charge in [0.05, 0.1) is 19.9 Å². The Labute approximate surface area is 309 Å². The van der Waals surface area contributed by atoms with Crippen LogP contribution in [-0.4, -0.2) is 36.9 Å². The Morgan fingerprint density at radius 2 is 1.50 bits per heavy atom. The maximum absolute atomic E-state index is 13.9. The third-order valence-electron chi connectivity index (χ3n) is 7.74. The van der Waals surface area contributed by atoms with Crippen LogP contribution in [0.25, 0.3) is 17.3 Å². The van der Waals surface area contributed by atoms with E-state index in [0.717, 1.165) is 16.0 Å². The summed E-state index contributed by atoms with van der Waals surface area (Å²) in [6.45, 7) is 0. The molecule has 1 heterocycles. The topological polar surface area (TPSA) is 119 Å². The Morgan fingerprint density at radius 3 is 2.27 bits per heavy atom. The second kappa shape index (κ2) is 17.2. The zero-order valence-electron chi connectivity index (χ0n) is 28.2. The van der Waals surface area contributed by atoms with Crippen molar-refractivity contribution in [2.45, 2.75) is 10.1 Å². The van der Waals surface area contributed by atoms with E-state index in [2.05, 4.69) is 20.9 Å². The maximum Gasteiger partial charge on any atom is 0.272 e. The summed E-state index contributed by atoms with van der Waals surface area (Å²) in [5.74, 6) is 0.0919. The smallest absolute Gasteiger partial charge is 0.272 e. The molecular formula is C41H34N4O5S2. The number of benzene rings is 5. The van der Waals surface area contributed by atoms with Gasteiger partial charge in [-0.15, -0.1) is 23.1 Å². The van der Waals surface area contributed by atoms with Gasteiger partial charge in [-0.25, -0.2) is 4.98 Å². The highest BCUT2D eigenvalue weighted by Gasteiger charge is 2.24. The van der Waals surface area contributed by atoms with Crippen LogP contribution in [-0.2, 0) is 9.59 Å². The van der Waals surface area contributed by atoms with Gasteiger partial charge in [0.2, 0.25) is 5.91 Å². The fraction of sp³-hybridized carbons (Fsp3) is 0.0732. The van der Waals surface area contributed by atoms with E-state index in [-0.39, 0.29) is 11.6 Å². The highest BCUT2D eigenvalue weighted by Crippen LogP contribution is 2.38. The van der Waals surface area contributed by atoms with Crippen molar-refractivity contribution in [3.05, 3.63) is 161 Å². The SMILES string of the molecule is COc1cccc(/C=C(\NC(=O)c2ccccc2)C(=O)Nc2cccc(SC(C(=O)Nc3nc(-c4ccccc4OC)cs3)c3ccccc3)c2)c1. The van der Waals surface area contributed by atoms with Crippen LogP contribution in [0.4, 0.5) is 10.8 Å². The van der Waals surface area contributed by atoms with Gasteiger partial charge in [0.1, 0.15) is 22.4 Å². The predicted octanol–water partition coefficient (Wildman–Crippen LogP) is 8.71. The number of carbonyl (C=O) groups excluding carboxylic acids is 3. The summed E-state index contributed by atoms with van der Waals surface area (Å²) in [4.78, 5) is 46.1. The Balaban J connectivity index is 1.22. The van der Waals surface area contributed by atoms with Crippen LogP contribution in [0.2, 0.25) is 0 Å². The maximum atomic E-state index is 13.9. The first-order valence-corrected chi connectivity index (χ1v) is 17.9. The number of anilines is 2. The lowest BCUT2D eigenvalue weighted by molar-refractivity contribution is -0.116. The number of thiazole rings is 1. The Morgan fingerprint density at radius 1 is 0.769 bits per heavy atom. The van der Waals surface area contributed by atoms with Gasteiger partial charge in [-0.1, -0.05) is 78.9 Å². The van der Waals surface area contributed by atoms with Crippen LogP contribution in [0.5, 0.6) is 11.5 Å². The van der Waals surface area contributed by atoms with Gasteiger partial charge in [-0.3, -0.25) is 14.4 Å². The predicted molar refractivity (Wildman–Crippen MR) is 208 cm³/mol. The standard InChI is InChI=1S/C41H34N4O5S2/c1-49-31-19-11-13-27(23-31)24-34(43-38(46)29-16-7-4-8-17-29)39(47)42-30-18-12-20-32(25-30)52-37(28-14-5-3-6-15-28)40(48)45-41-44-35(26-51-41)33-21-9-10-22-36(33)50-2/h3-26,37H,1-2H3,(H,42,47)(H,43,46)(H,44,45,48)/b34-24-. The van der Waals surface area contributed by atoms with E-state index in [0.29, 0.717) is 39.1 Å². The summed E-state index contributed by atoms with van der Waals surface area (Å²) in [7, 11) is 3.17. The summed E-state index contributed by atoms with van der Waals surface area (Å²) in [5.41, 5.74) is 3.92. The number of amides is 3. The summed E-state index contributed by atoms with van der Waals surface area (Å²) < 4.78 is 10.8. The molecule has 5 aromatic carbocycles. The second-order valence-electron chi connectivity index (χ2n) is 11.3. The average molecular weight is 727 g/mol. The summed E-state index contributed by atoms with van der Waals surface area (Å²) in [6.07, 6.45) is 1.59. The minimum atomic E-state index is -0.639. The van der Waals surface area contributed by atoms with Crippen molar-refractivity contribution >= 4 is 57.7 Å². The van der Waals surface area contributed by atoms with Crippen LogP contribution < -0.4 is 25.4 Å². The van der Waals surface area contributed by atoms with E-state index < -0.39 is 17.1 Å². The van der Waals surface area contributed by atoms with E-state index in [4.69, 9.17) is 9.47 Å². The van der Waals surface area contributed by atoms with Crippen molar-refractivity contribution < 1.29 is 23.9 Å². The van der Waals surface area contributed by atoms with Crippen LogP contribution in [0, 0.1) is 0 Å². The number of rotatable bonds is 13. The summed E-state index contributed by atoms with van der Waals surface area (Å²) >= 11 is 2.67. The number of aromatic nitrogens is 1. The van der Waals surface area contributed by atoms with Gasteiger partial charge in [-0.2, -0.15) is 0 Å². The number of nitrogens with one attached hydrogen (secondary N) is 3. The number of methoxy groups -OCH3 is 2. The lowest BCUT2D eigenvalue weighted by atomic mass is 10.1. The zero-order chi connectivity index (χ0) is 36.3. The van der Waals surface area contributed by atoms with Crippen molar-refractivity contribution in [3.63, 3.8) is 0 Å². The molecule has 1 aromatic heterocycles. The minimum Gasteiger partial charge on any atom is -0.497 e. The van der Waals surface area contributed by atoms with Crippen molar-refractivity contribution in [1.29, 1.82) is 0 Å². The van der Waals surface area contributed by atoms with Crippen LogP contribution in [0.15, 0.2) is 149 Å². The number of hydrogen-bond donors (Lipinski definition) is 3. The van der Waals surface area contributed by atoms with Gasteiger partial charge < -0.3 is 25.4 Å². The lowest BCUT2D eigenvalue weighted by Crippen LogP contribution is -2.30. The molecule has 6 rings (SSSR count). The average Bonchev–Trinajstić information content (AvgIpc) is 3.65. The Bertz CT molecular complexity index is 2210. The molecule has 260 valence electrons. The number of ether oxygens (including phenoxy) is 2. The molecule has 0 fully saturated rings. The molecule has 0 spiro atoms. The summed E-state index contributed by atoms with van der Waals surface area (Å²) in [5, 5.41) is 10.4. The van der Waals surface area contributed by atoms with E-state index in [1.54, 1.807) is 81.0 Å². The molecule has 0 aliphatic heterocycles. The highest BCUT2D eigenvalue weighted by molar-refractivity contribution is 8.00. The largest absolute Gasteiger partial charge is 0.497 e. The number of carbonyl (C=O) groups is 3. The van der Waals surface area contributed by atoms with Gasteiger partial charge in [-0.05, 0) is 71.8 Å². The van der Waals surface area contributed by atoms with E-state index in [9.17, 15) is 14.4 Å². The number of para-hydroxylation sites is 1. The fourth-order valence-electron chi connectivity index (χ4n) is 5.20. The van der Waals surface area contributed by atoms with E-state index >= 15 is 0 Å². The molecule has 52 heavy (non-hydrogen) atoms. The molecule has 3 N–H and O–H groups in total. The molecule has 3 amide bonds. The first-order chi connectivity index (χ1) is 25.4. The van der Waals surface area contributed by atoms with E-state index in [1.165, 1.54) is 23.1 Å². The van der Waals surface area contributed by atoms with Gasteiger partial charge in [0, 0.05) is 27.1 Å². The first-order valence-electron chi connectivity index (χ1n) is 16.1. The molecule has 0 saturated carbocycles. The number of nitrogens with zero attached hydrogens (tertiary/aromatic N) is 1. The third kappa shape index (κ3) is 9.13. The highest BCUT2D eigenvalue weighted by atomic mass is 32.2. The van der Waals surface area contributed by atoms with Crippen LogP contribution in [0.3, 0.4) is 0 Å². The van der Waals surface area contributed by atoms with Crippen molar-refractivity contribution in [2.75, 3.05) is 24.9 Å². The fourth-order valence-corrected chi connectivity index (χ4v) is 7.00. The molecule has 1 atom stereocenters. The molecule has 0 aliphatic rings. The molecular weight excluding hydrogens is 693 g/mol. The monoisotopic (exact) mass is 726 g/mol. The quantitative estimate of drug-likeness (QED) is 0.0805. The molecule has 9 nitrogen and oxygen atoms in total. The molecule has 0 aliphatic carbocycles. The number of hydrogen-bond acceptors (Lipinski definition) is 8. The van der Waals surface area contributed by atoms with Crippen molar-refractivity contribution in [3.8, 4) is 22.8 Å². The normalized spacial score (nSPS) is 11.6. The Kier molecular flexibility index (Phi) is 11.8. The first kappa shape index (κ1) is 35.6. The van der Waals surface area contributed by atoms with Gasteiger partial charge in [0.15, 0.2) is 5.13 Å². The van der Waals surface area contributed by atoms with Crippen molar-refractivity contribution in [1.82, 2.24) is 10.3 Å². The molecule has 0 saturated heterocycles. The second-order valence-corrected chi connectivity index (χ2v) is 13.3. The van der Waals surface area contributed by atoms with E-state index in [1.807, 2.05) is 78.2 Å². The molecule has 0 bridgehead atoms. The number of thioether (sulfide) groups is 1.